The van der Waals surface area contributed by atoms with Crippen LogP contribution in [0.4, 0.5) is 0 Å². The van der Waals surface area contributed by atoms with Crippen LogP contribution in [0.25, 0.3) is 67.1 Å². The molecule has 0 aliphatic carbocycles. The molecule has 7 rings (SSSR count). The Hall–Kier alpha value is -5.15. The van der Waals surface area contributed by atoms with Crippen LogP contribution in [0.3, 0.4) is 0 Å². The van der Waals surface area contributed by atoms with Crippen LogP contribution in [0.15, 0.2) is 140 Å². The Morgan fingerprint density at radius 2 is 0.947 bits per heavy atom. The quantitative estimate of drug-likeness (QED) is 0.250. The van der Waals surface area contributed by atoms with Crippen molar-refractivity contribution in [3.05, 3.63) is 140 Å². The van der Waals surface area contributed by atoms with Gasteiger partial charge in [0.1, 0.15) is 5.82 Å². The summed E-state index contributed by atoms with van der Waals surface area (Å²) in [6.45, 7) is 0. The molecule has 2 N–H and O–H groups in total. The second-order valence-electron chi connectivity index (χ2n) is 9.44. The molecule has 0 saturated heterocycles. The van der Waals surface area contributed by atoms with Gasteiger partial charge in [-0.25, -0.2) is 4.98 Å². The zero-order valence-corrected chi connectivity index (χ0v) is 20.7. The van der Waals surface area contributed by atoms with Crippen molar-refractivity contribution in [3.63, 3.8) is 0 Å². The van der Waals surface area contributed by atoms with E-state index in [4.69, 9.17) is 4.98 Å². The van der Waals surface area contributed by atoms with E-state index < -0.39 is 0 Å². The fourth-order valence-electron chi connectivity index (χ4n) is 5.10. The van der Waals surface area contributed by atoms with E-state index in [1.54, 1.807) is 0 Å². The fourth-order valence-corrected chi connectivity index (χ4v) is 5.10. The molecule has 0 spiro atoms. The van der Waals surface area contributed by atoms with E-state index in [9.17, 15) is 0 Å². The van der Waals surface area contributed by atoms with E-state index in [2.05, 4.69) is 125 Å². The molecular weight excluding hydrogens is 462 g/mol. The number of nitrogens with zero attached hydrogens (tertiary/aromatic N) is 1. The zero-order valence-electron chi connectivity index (χ0n) is 20.7. The molecule has 0 amide bonds. The number of hydrogen-bond donors (Lipinski definition) is 2. The van der Waals surface area contributed by atoms with Crippen molar-refractivity contribution >= 4 is 10.9 Å². The van der Waals surface area contributed by atoms with Gasteiger partial charge in [0.05, 0.1) is 11.4 Å². The van der Waals surface area contributed by atoms with Gasteiger partial charge >= 0.3 is 0 Å². The molecule has 180 valence electrons. The van der Waals surface area contributed by atoms with E-state index in [0.717, 1.165) is 44.8 Å². The number of aromatic amines is 2. The van der Waals surface area contributed by atoms with Crippen molar-refractivity contribution in [1.29, 1.82) is 0 Å². The lowest BCUT2D eigenvalue weighted by Crippen LogP contribution is -1.85. The Labute approximate surface area is 221 Å². The van der Waals surface area contributed by atoms with Crippen molar-refractivity contribution < 1.29 is 0 Å². The van der Waals surface area contributed by atoms with Gasteiger partial charge in [0.25, 0.3) is 0 Å². The van der Waals surface area contributed by atoms with E-state index in [1.807, 2.05) is 24.4 Å². The Morgan fingerprint density at radius 1 is 0.447 bits per heavy atom. The summed E-state index contributed by atoms with van der Waals surface area (Å²) in [5.74, 6) is 0.853. The lowest BCUT2D eigenvalue weighted by atomic mass is 9.99. The molecule has 7 aromatic rings. The van der Waals surface area contributed by atoms with Crippen LogP contribution in [0.2, 0.25) is 0 Å². The smallest absolute Gasteiger partial charge is 0.140 e. The van der Waals surface area contributed by atoms with Crippen molar-refractivity contribution in [2.75, 3.05) is 0 Å². The third-order valence-electron chi connectivity index (χ3n) is 7.09. The van der Waals surface area contributed by atoms with Crippen LogP contribution in [0.1, 0.15) is 0 Å². The summed E-state index contributed by atoms with van der Waals surface area (Å²) in [5.41, 5.74) is 11.1. The first kappa shape index (κ1) is 22.1. The van der Waals surface area contributed by atoms with Gasteiger partial charge in [-0.3, -0.25) is 0 Å². The van der Waals surface area contributed by atoms with Crippen molar-refractivity contribution in [3.8, 4) is 56.2 Å². The molecule has 5 aromatic carbocycles. The standard InChI is InChI=1S/C35H25N3/c1-3-9-24(10-4-1)26-15-19-28(20-16-26)33-34(29-21-17-27(18-22-29)25-11-5-2-6-12-25)38-35(37-33)31-23-36-32-14-8-7-13-30(31)32/h1-23,36H,(H,37,38). The van der Waals surface area contributed by atoms with Gasteiger partial charge < -0.3 is 9.97 Å². The molecular formula is C35H25N3. The van der Waals surface area contributed by atoms with Crippen LogP contribution < -0.4 is 0 Å². The minimum atomic E-state index is 0.853. The van der Waals surface area contributed by atoms with E-state index in [0.29, 0.717) is 0 Å². The summed E-state index contributed by atoms with van der Waals surface area (Å²) < 4.78 is 0. The highest BCUT2D eigenvalue weighted by molar-refractivity contribution is 5.95. The van der Waals surface area contributed by atoms with Gasteiger partial charge in [0, 0.05) is 33.8 Å². The molecule has 0 radical (unpaired) electrons. The van der Waals surface area contributed by atoms with Gasteiger partial charge in [-0.2, -0.15) is 0 Å². The number of rotatable bonds is 5. The van der Waals surface area contributed by atoms with E-state index in [1.165, 1.54) is 22.3 Å². The van der Waals surface area contributed by atoms with Gasteiger partial charge in [0.15, 0.2) is 0 Å². The van der Waals surface area contributed by atoms with Crippen molar-refractivity contribution in [2.45, 2.75) is 0 Å². The van der Waals surface area contributed by atoms with Gasteiger partial charge in [-0.05, 0) is 28.3 Å². The third kappa shape index (κ3) is 4.00. The Morgan fingerprint density at radius 3 is 1.58 bits per heavy atom. The summed E-state index contributed by atoms with van der Waals surface area (Å²) in [5, 5.41) is 1.15. The topological polar surface area (TPSA) is 44.5 Å². The van der Waals surface area contributed by atoms with Crippen molar-refractivity contribution in [2.24, 2.45) is 0 Å². The number of nitrogens with one attached hydrogen (secondary N) is 2. The molecule has 0 bridgehead atoms. The third-order valence-corrected chi connectivity index (χ3v) is 7.09. The first-order valence-corrected chi connectivity index (χ1v) is 12.8. The summed E-state index contributed by atoms with van der Waals surface area (Å²) in [6, 6.07) is 46.7. The summed E-state index contributed by atoms with van der Waals surface area (Å²) in [6.07, 6.45) is 2.04. The van der Waals surface area contributed by atoms with Crippen LogP contribution >= 0.6 is 0 Å². The Balaban J connectivity index is 1.34. The number of H-pyrrole nitrogens is 2. The van der Waals surface area contributed by atoms with Gasteiger partial charge in [-0.15, -0.1) is 0 Å². The average Bonchev–Trinajstić information content (AvgIpc) is 3.63. The second-order valence-corrected chi connectivity index (χ2v) is 9.44. The maximum Gasteiger partial charge on any atom is 0.140 e. The molecule has 3 nitrogen and oxygen atoms in total. The highest BCUT2D eigenvalue weighted by Gasteiger charge is 2.18. The number of hydrogen-bond acceptors (Lipinski definition) is 1. The van der Waals surface area contributed by atoms with Crippen LogP contribution in [0, 0.1) is 0 Å². The first-order valence-electron chi connectivity index (χ1n) is 12.8. The SMILES string of the molecule is c1ccc(-c2ccc(-c3nc(-c4c[nH]c5ccccc45)[nH]c3-c3ccc(-c4ccccc4)cc3)cc2)cc1. The van der Waals surface area contributed by atoms with Crippen LogP contribution in [-0.2, 0) is 0 Å². The van der Waals surface area contributed by atoms with Crippen molar-refractivity contribution in [1.82, 2.24) is 15.0 Å². The minimum Gasteiger partial charge on any atom is -0.360 e. The first-order chi connectivity index (χ1) is 18.8. The molecule has 0 aliphatic rings. The number of imidazole rings is 1. The Bertz CT molecular complexity index is 1730. The molecule has 2 aromatic heterocycles. The van der Waals surface area contributed by atoms with E-state index in [-0.39, 0.29) is 0 Å². The molecule has 2 heterocycles. The molecule has 3 heteroatoms. The molecule has 0 aliphatic heterocycles. The molecule has 0 fully saturated rings. The molecule has 0 atom stereocenters. The molecule has 0 saturated carbocycles. The number of fused-ring (bicyclic) bond motifs is 1. The monoisotopic (exact) mass is 487 g/mol. The lowest BCUT2D eigenvalue weighted by molar-refractivity contribution is 1.31. The highest BCUT2D eigenvalue weighted by Crippen LogP contribution is 2.36. The normalized spacial score (nSPS) is 11.2. The van der Waals surface area contributed by atoms with Gasteiger partial charge in [-0.1, -0.05) is 127 Å². The maximum atomic E-state index is 5.16. The predicted octanol–water partition coefficient (Wildman–Crippen LogP) is 9.23. The Kier molecular flexibility index (Phi) is 5.45. The highest BCUT2D eigenvalue weighted by atomic mass is 14.9. The summed E-state index contributed by atoms with van der Waals surface area (Å²) in [4.78, 5) is 12.2. The van der Waals surface area contributed by atoms with E-state index >= 15 is 0 Å². The summed E-state index contributed by atoms with van der Waals surface area (Å²) >= 11 is 0. The number of benzene rings is 5. The van der Waals surface area contributed by atoms with Crippen LogP contribution in [0.5, 0.6) is 0 Å². The van der Waals surface area contributed by atoms with Crippen LogP contribution in [-0.4, -0.2) is 15.0 Å². The number of para-hydroxylation sites is 1. The fraction of sp³-hybridized carbons (Fsp3) is 0. The molecule has 0 unspecified atom stereocenters. The van der Waals surface area contributed by atoms with Gasteiger partial charge in [0.2, 0.25) is 0 Å². The summed E-state index contributed by atoms with van der Waals surface area (Å²) in [7, 11) is 0. The largest absolute Gasteiger partial charge is 0.360 e. The second kappa shape index (κ2) is 9.38. The molecule has 38 heavy (non-hydrogen) atoms. The zero-order chi connectivity index (χ0) is 25.3. The number of aromatic nitrogens is 3. The lowest BCUT2D eigenvalue weighted by Gasteiger charge is -2.07. The minimum absolute atomic E-state index is 0.853. The average molecular weight is 488 g/mol. The maximum absolute atomic E-state index is 5.16. The predicted molar refractivity (Wildman–Crippen MR) is 158 cm³/mol.